The molecule has 0 aromatic heterocycles. The lowest BCUT2D eigenvalue weighted by atomic mass is 9.79. The fourth-order valence-electron chi connectivity index (χ4n) is 4.61. The van der Waals surface area contributed by atoms with Gasteiger partial charge in [0.25, 0.3) is 0 Å². The van der Waals surface area contributed by atoms with Crippen LogP contribution in [-0.2, 0) is 16.0 Å². The van der Waals surface area contributed by atoms with Crippen molar-refractivity contribution in [1.82, 2.24) is 10.2 Å². The fourth-order valence-corrected chi connectivity index (χ4v) is 4.61. The van der Waals surface area contributed by atoms with Gasteiger partial charge in [0, 0.05) is 25.6 Å². The molecule has 1 atom stereocenters. The molecule has 1 heterocycles. The van der Waals surface area contributed by atoms with Crippen molar-refractivity contribution in [2.75, 3.05) is 19.6 Å². The molecule has 2 amide bonds. The van der Waals surface area contributed by atoms with E-state index in [4.69, 9.17) is 0 Å². The number of carbonyl (C=O) groups is 2. The van der Waals surface area contributed by atoms with E-state index < -0.39 is 5.41 Å². The van der Waals surface area contributed by atoms with Crippen molar-refractivity contribution in [2.24, 2.45) is 11.3 Å². The first-order chi connectivity index (χ1) is 14.1. The highest BCUT2D eigenvalue weighted by molar-refractivity contribution is 5.86. The van der Waals surface area contributed by atoms with E-state index in [9.17, 15) is 9.59 Å². The zero-order chi connectivity index (χ0) is 20.3. The zero-order valence-electron chi connectivity index (χ0n) is 17.2. The van der Waals surface area contributed by atoms with Crippen LogP contribution in [-0.4, -0.2) is 36.3 Å². The normalized spacial score (nSPS) is 21.6. The molecule has 2 aromatic rings. The molecule has 1 saturated heterocycles. The van der Waals surface area contributed by atoms with Crippen molar-refractivity contribution in [2.45, 2.75) is 39.0 Å². The summed E-state index contributed by atoms with van der Waals surface area (Å²) in [4.78, 5) is 27.8. The van der Waals surface area contributed by atoms with E-state index >= 15 is 0 Å². The molecule has 0 spiro atoms. The van der Waals surface area contributed by atoms with Crippen LogP contribution in [0.1, 0.15) is 38.2 Å². The predicted molar refractivity (Wildman–Crippen MR) is 115 cm³/mol. The summed E-state index contributed by atoms with van der Waals surface area (Å²) in [5, 5.41) is 3.03. The molecule has 4 heteroatoms. The number of nitrogens with zero attached hydrogens (tertiary/aromatic N) is 1. The van der Waals surface area contributed by atoms with E-state index in [1.807, 2.05) is 30.0 Å². The molecular formula is C25H30N2O2. The van der Waals surface area contributed by atoms with Crippen LogP contribution in [0.25, 0.3) is 11.1 Å². The Morgan fingerprint density at radius 3 is 2.52 bits per heavy atom. The van der Waals surface area contributed by atoms with E-state index in [0.717, 1.165) is 36.8 Å². The molecule has 0 bridgehead atoms. The second-order valence-corrected chi connectivity index (χ2v) is 8.52. The van der Waals surface area contributed by atoms with Gasteiger partial charge in [-0.25, -0.2) is 0 Å². The molecule has 152 valence electrons. The monoisotopic (exact) mass is 390 g/mol. The minimum Gasteiger partial charge on any atom is -0.356 e. The molecule has 2 aromatic carbocycles. The third kappa shape index (κ3) is 4.07. The molecule has 0 radical (unpaired) electrons. The van der Waals surface area contributed by atoms with Crippen LogP contribution in [0.3, 0.4) is 0 Å². The van der Waals surface area contributed by atoms with Crippen molar-refractivity contribution >= 4 is 11.8 Å². The van der Waals surface area contributed by atoms with Gasteiger partial charge >= 0.3 is 0 Å². The van der Waals surface area contributed by atoms with E-state index in [2.05, 4.69) is 41.7 Å². The van der Waals surface area contributed by atoms with Crippen molar-refractivity contribution < 1.29 is 9.59 Å². The Bertz CT molecular complexity index is 875. The highest BCUT2D eigenvalue weighted by atomic mass is 16.2. The number of likely N-dealkylation sites (tertiary alicyclic amines) is 1. The summed E-state index contributed by atoms with van der Waals surface area (Å²) in [6.45, 7) is 3.78. The minimum absolute atomic E-state index is 0.0778. The molecule has 2 aliphatic rings. The molecular weight excluding hydrogens is 360 g/mol. The second kappa shape index (κ2) is 8.40. The summed E-state index contributed by atoms with van der Waals surface area (Å²) < 4.78 is 0. The highest BCUT2D eigenvalue weighted by Crippen LogP contribution is 2.38. The maximum absolute atomic E-state index is 13.1. The van der Waals surface area contributed by atoms with Gasteiger partial charge in [0.15, 0.2) is 0 Å². The Hall–Kier alpha value is -2.62. The fraction of sp³-hybridized carbons (Fsp3) is 0.440. The van der Waals surface area contributed by atoms with Crippen molar-refractivity contribution in [3.05, 3.63) is 60.2 Å². The minimum atomic E-state index is -0.537. The van der Waals surface area contributed by atoms with Crippen LogP contribution in [0.5, 0.6) is 0 Å². The van der Waals surface area contributed by atoms with E-state index in [-0.39, 0.29) is 17.7 Å². The summed E-state index contributed by atoms with van der Waals surface area (Å²) in [6.07, 6.45) is 4.55. The molecule has 1 aliphatic carbocycles. The topological polar surface area (TPSA) is 49.4 Å². The van der Waals surface area contributed by atoms with E-state index in [1.54, 1.807) is 0 Å². The quantitative estimate of drug-likeness (QED) is 0.809. The molecule has 2 fully saturated rings. The maximum Gasteiger partial charge on any atom is 0.228 e. The van der Waals surface area contributed by atoms with Gasteiger partial charge < -0.3 is 10.2 Å². The third-order valence-electron chi connectivity index (χ3n) is 6.52. The van der Waals surface area contributed by atoms with Crippen LogP contribution in [0, 0.1) is 11.3 Å². The smallest absolute Gasteiger partial charge is 0.228 e. The Kier molecular flexibility index (Phi) is 5.70. The molecule has 4 nitrogen and oxygen atoms in total. The first kappa shape index (κ1) is 19.7. The molecule has 4 rings (SSSR count). The third-order valence-corrected chi connectivity index (χ3v) is 6.52. The molecule has 1 aliphatic heterocycles. The van der Waals surface area contributed by atoms with Crippen LogP contribution in [0.4, 0.5) is 0 Å². The Labute approximate surface area is 173 Å². The van der Waals surface area contributed by atoms with Crippen LogP contribution < -0.4 is 5.32 Å². The largest absolute Gasteiger partial charge is 0.356 e. The average molecular weight is 391 g/mol. The van der Waals surface area contributed by atoms with E-state index in [0.29, 0.717) is 26.1 Å². The first-order valence-electron chi connectivity index (χ1n) is 10.8. The van der Waals surface area contributed by atoms with Gasteiger partial charge in [0.1, 0.15) is 0 Å². The molecule has 29 heavy (non-hydrogen) atoms. The highest BCUT2D eigenvalue weighted by Gasteiger charge is 2.47. The summed E-state index contributed by atoms with van der Waals surface area (Å²) in [7, 11) is 0. The van der Waals surface area contributed by atoms with Gasteiger partial charge in [0.2, 0.25) is 11.8 Å². The molecule has 1 saturated carbocycles. The number of hydrogen-bond donors (Lipinski definition) is 1. The van der Waals surface area contributed by atoms with Gasteiger partial charge in [-0.1, -0.05) is 61.0 Å². The van der Waals surface area contributed by atoms with Gasteiger partial charge in [-0.15, -0.1) is 0 Å². The summed E-state index contributed by atoms with van der Waals surface area (Å²) in [5.41, 5.74) is 2.95. The van der Waals surface area contributed by atoms with Crippen LogP contribution >= 0.6 is 0 Å². The summed E-state index contributed by atoms with van der Waals surface area (Å²) in [5.74, 6) is 0.510. The van der Waals surface area contributed by atoms with Gasteiger partial charge in [-0.2, -0.15) is 0 Å². The summed E-state index contributed by atoms with van der Waals surface area (Å²) in [6, 6.07) is 18.8. The van der Waals surface area contributed by atoms with Crippen molar-refractivity contribution in [1.29, 1.82) is 0 Å². The number of amides is 2. The zero-order valence-corrected chi connectivity index (χ0v) is 17.2. The molecule has 1 N–H and O–H groups in total. The van der Waals surface area contributed by atoms with Crippen molar-refractivity contribution in [3.8, 4) is 11.1 Å². The number of nitrogens with one attached hydrogen (secondary N) is 1. The van der Waals surface area contributed by atoms with Gasteiger partial charge in [0.05, 0.1) is 5.41 Å². The predicted octanol–water partition coefficient (Wildman–Crippen LogP) is 4.05. The van der Waals surface area contributed by atoms with Crippen molar-refractivity contribution in [3.63, 3.8) is 0 Å². The second-order valence-electron chi connectivity index (χ2n) is 8.52. The summed E-state index contributed by atoms with van der Waals surface area (Å²) >= 11 is 0. The lowest BCUT2D eigenvalue weighted by Crippen LogP contribution is -2.46. The Morgan fingerprint density at radius 1 is 1.07 bits per heavy atom. The number of carbonyl (C=O) groups excluding carboxylic acids is 2. The number of benzene rings is 2. The first-order valence-corrected chi connectivity index (χ1v) is 10.8. The average Bonchev–Trinajstić information content (AvgIpc) is 3.13. The maximum atomic E-state index is 13.1. The van der Waals surface area contributed by atoms with Gasteiger partial charge in [-0.3, -0.25) is 9.59 Å². The van der Waals surface area contributed by atoms with Crippen LogP contribution in [0.2, 0.25) is 0 Å². The number of hydrogen-bond acceptors (Lipinski definition) is 2. The van der Waals surface area contributed by atoms with Crippen LogP contribution in [0.15, 0.2) is 54.6 Å². The Balaban J connectivity index is 1.57. The molecule has 1 unspecified atom stereocenters. The number of rotatable bonds is 6. The van der Waals surface area contributed by atoms with Gasteiger partial charge in [-0.05, 0) is 49.3 Å². The standard InChI is InChI=1S/C25H30N2O2/c1-2-26-24(29)25(14-15-27(18-25)23(28)21-11-7-12-21)17-19-8-6-13-22(16-19)20-9-4-3-5-10-20/h3-6,8-10,13,16,21H,2,7,11-12,14-15,17-18H2,1H3,(H,26,29). The Morgan fingerprint density at radius 2 is 1.83 bits per heavy atom. The van der Waals surface area contributed by atoms with E-state index in [1.165, 1.54) is 5.56 Å². The lowest BCUT2D eigenvalue weighted by Gasteiger charge is -2.32. The SMILES string of the molecule is CCNC(=O)C1(Cc2cccc(-c3ccccc3)c2)CCN(C(=O)C2CCC2)C1. The lowest BCUT2D eigenvalue weighted by molar-refractivity contribution is -0.138.